The number of ether oxygens (including phenoxy) is 2. The first-order valence-electron chi connectivity index (χ1n) is 20.8. The van der Waals surface area contributed by atoms with Crippen LogP contribution < -0.4 is 0 Å². The maximum absolute atomic E-state index is 12.6. The first kappa shape index (κ1) is 52.6. The molecule has 324 valence electrons. The molecule has 8 heteroatoms. The van der Waals surface area contributed by atoms with Crippen molar-refractivity contribution in [1.29, 1.82) is 0 Å². The Kier molecular flexibility index (Phi) is 25.8. The predicted octanol–water partition coefficient (Wildman–Crippen LogP) is 14.0. The average molecular weight is 816 g/mol. The SMILES string of the molecule is CC1CCC(C)CC1.CC1COC(C)OC1.Cc1cc(F)c(C)c(F)c1.Cc1ccc(C)c(F)c1.Cc1ccc(C)cc1.Cc1ccc(C)nc1.Cc1cnc(C)nc1. The monoisotopic (exact) mass is 816 g/mol. The fourth-order valence-electron chi connectivity index (χ4n) is 5.23. The zero-order valence-electron chi connectivity index (χ0n) is 38.4. The van der Waals surface area contributed by atoms with Gasteiger partial charge in [0, 0.05) is 35.8 Å². The van der Waals surface area contributed by atoms with Crippen LogP contribution in [-0.4, -0.2) is 34.5 Å². The quantitative estimate of drug-likeness (QED) is 0.156. The van der Waals surface area contributed by atoms with Crippen molar-refractivity contribution in [3.8, 4) is 0 Å². The van der Waals surface area contributed by atoms with E-state index in [9.17, 15) is 13.2 Å². The maximum Gasteiger partial charge on any atom is 0.154 e. The number of aromatic nitrogens is 3. The van der Waals surface area contributed by atoms with E-state index in [1.54, 1.807) is 19.9 Å². The molecule has 1 aliphatic carbocycles. The summed E-state index contributed by atoms with van der Waals surface area (Å²) in [6, 6.07) is 20.4. The Morgan fingerprint density at radius 3 is 1.20 bits per heavy atom. The Hall–Kier alpha value is -4.40. The summed E-state index contributed by atoms with van der Waals surface area (Å²) >= 11 is 0. The van der Waals surface area contributed by atoms with Crippen LogP contribution in [0.25, 0.3) is 0 Å². The van der Waals surface area contributed by atoms with Crippen molar-refractivity contribution in [3.05, 3.63) is 159 Å². The van der Waals surface area contributed by atoms with Gasteiger partial charge < -0.3 is 9.47 Å². The summed E-state index contributed by atoms with van der Waals surface area (Å²) in [7, 11) is 0. The molecule has 0 spiro atoms. The number of halogens is 3. The summed E-state index contributed by atoms with van der Waals surface area (Å²) in [6.45, 7) is 29.2. The van der Waals surface area contributed by atoms with Crippen molar-refractivity contribution in [2.24, 2.45) is 17.8 Å². The van der Waals surface area contributed by atoms with Crippen LogP contribution in [0.2, 0.25) is 0 Å². The average Bonchev–Trinajstić information content (AvgIpc) is 3.19. The molecular weight excluding hydrogens is 744 g/mol. The van der Waals surface area contributed by atoms with Gasteiger partial charge in [-0.15, -0.1) is 0 Å². The molecule has 0 atom stereocenters. The second-order valence-corrected chi connectivity index (χ2v) is 16.2. The molecule has 0 unspecified atom stereocenters. The lowest BCUT2D eigenvalue weighted by molar-refractivity contribution is -0.187. The molecule has 1 saturated carbocycles. The number of hydrogen-bond donors (Lipinski definition) is 0. The molecule has 1 saturated heterocycles. The molecule has 59 heavy (non-hydrogen) atoms. The van der Waals surface area contributed by atoms with Crippen LogP contribution in [0.5, 0.6) is 0 Å². The lowest BCUT2D eigenvalue weighted by atomic mass is 9.84. The van der Waals surface area contributed by atoms with Crippen molar-refractivity contribution in [2.75, 3.05) is 13.2 Å². The van der Waals surface area contributed by atoms with Gasteiger partial charge in [-0.3, -0.25) is 4.98 Å². The Bertz CT molecular complexity index is 1620. The van der Waals surface area contributed by atoms with Crippen molar-refractivity contribution in [1.82, 2.24) is 15.0 Å². The minimum Gasteiger partial charge on any atom is -0.353 e. The number of hydrogen-bond acceptors (Lipinski definition) is 5. The van der Waals surface area contributed by atoms with E-state index >= 15 is 0 Å². The van der Waals surface area contributed by atoms with Gasteiger partial charge in [-0.05, 0) is 140 Å². The van der Waals surface area contributed by atoms with E-state index in [4.69, 9.17) is 9.47 Å². The normalized spacial score (nSPS) is 17.7. The number of nitrogens with zero attached hydrogens (tertiary/aromatic N) is 3. The molecule has 0 radical (unpaired) electrons. The van der Waals surface area contributed by atoms with E-state index < -0.39 is 11.6 Å². The number of aryl methyl sites for hydroxylation is 9. The highest BCUT2D eigenvalue weighted by Crippen LogP contribution is 2.27. The molecule has 0 bridgehead atoms. The Labute approximate surface area is 355 Å². The summed E-state index contributed by atoms with van der Waals surface area (Å²) in [5, 5.41) is 0. The van der Waals surface area contributed by atoms with Crippen molar-refractivity contribution in [3.63, 3.8) is 0 Å². The van der Waals surface area contributed by atoms with E-state index in [-0.39, 0.29) is 17.7 Å². The van der Waals surface area contributed by atoms with Gasteiger partial charge in [0.1, 0.15) is 23.3 Å². The van der Waals surface area contributed by atoms with Gasteiger partial charge in [0.2, 0.25) is 0 Å². The van der Waals surface area contributed by atoms with Gasteiger partial charge in [-0.2, -0.15) is 0 Å². The van der Waals surface area contributed by atoms with Crippen LogP contribution in [0.15, 0.2) is 85.3 Å². The summed E-state index contributed by atoms with van der Waals surface area (Å²) in [5.41, 5.74) is 8.44. The van der Waals surface area contributed by atoms with Gasteiger partial charge in [-0.25, -0.2) is 23.1 Å². The molecule has 5 nitrogen and oxygen atoms in total. The number of benzene rings is 3. The smallest absolute Gasteiger partial charge is 0.154 e. The standard InChI is InChI=1S/C8H8F2.C8H9F.C8H16.C8H10.C7H9N.C6H8N2.C6H12O2/c1-5-3-7(9)6(2)8(10)4-5;1-6-3-4-7(2)8(9)5-6;2*1-7-3-5-8(2)6-4-7;1-6-3-4-7(2)8-5-6;2*1-5-3-7-6(2)8-4-5/h3-4H,1-2H3;3-5H,1-2H3;7-8H,3-6H2,1-2H3;3-6H,1-2H3;3-5H,1-2H3;3-4H,1-2H3;5-6H,3-4H2,1-2H3. The molecule has 2 aliphatic rings. The van der Waals surface area contributed by atoms with Crippen molar-refractivity contribution < 1.29 is 22.6 Å². The highest BCUT2D eigenvalue weighted by molar-refractivity contribution is 5.24. The van der Waals surface area contributed by atoms with Gasteiger partial charge in [0.25, 0.3) is 0 Å². The molecule has 3 heterocycles. The van der Waals surface area contributed by atoms with Crippen LogP contribution in [0.4, 0.5) is 13.2 Å². The van der Waals surface area contributed by atoms with Gasteiger partial charge in [0.15, 0.2) is 6.29 Å². The second kappa shape index (κ2) is 28.9. The predicted molar refractivity (Wildman–Crippen MR) is 240 cm³/mol. The van der Waals surface area contributed by atoms with E-state index in [2.05, 4.69) is 79.9 Å². The number of rotatable bonds is 0. The minimum atomic E-state index is -0.475. The van der Waals surface area contributed by atoms with Crippen LogP contribution in [0.1, 0.15) is 109 Å². The highest BCUT2D eigenvalue weighted by atomic mass is 19.1. The largest absolute Gasteiger partial charge is 0.353 e. The summed E-state index contributed by atoms with van der Waals surface area (Å²) < 4.78 is 48.1. The Morgan fingerprint density at radius 2 is 0.847 bits per heavy atom. The van der Waals surface area contributed by atoms with E-state index in [1.807, 2.05) is 72.3 Å². The topological polar surface area (TPSA) is 57.1 Å². The Balaban J connectivity index is 0.000000345. The molecular formula is C51H72F3N3O2. The Morgan fingerprint density at radius 1 is 0.441 bits per heavy atom. The molecule has 5 aromatic rings. The molecule has 0 N–H and O–H groups in total. The molecule has 0 amide bonds. The van der Waals surface area contributed by atoms with Crippen LogP contribution >= 0.6 is 0 Å². The number of pyridine rings is 1. The third kappa shape index (κ3) is 25.6. The highest BCUT2D eigenvalue weighted by Gasteiger charge is 2.14. The zero-order valence-corrected chi connectivity index (χ0v) is 38.4. The van der Waals surface area contributed by atoms with Crippen molar-refractivity contribution >= 4 is 0 Å². The van der Waals surface area contributed by atoms with Crippen molar-refractivity contribution in [2.45, 2.75) is 129 Å². The van der Waals surface area contributed by atoms with Gasteiger partial charge >= 0.3 is 0 Å². The maximum atomic E-state index is 12.6. The lowest BCUT2D eigenvalue weighted by Crippen LogP contribution is -2.27. The summed E-state index contributed by atoms with van der Waals surface area (Å²) in [5.74, 6) is 2.38. The van der Waals surface area contributed by atoms with E-state index in [0.717, 1.165) is 47.7 Å². The zero-order chi connectivity index (χ0) is 44.5. The first-order valence-corrected chi connectivity index (χ1v) is 20.8. The first-order chi connectivity index (χ1) is 27.7. The third-order valence-electron chi connectivity index (χ3n) is 9.48. The van der Waals surface area contributed by atoms with Crippen LogP contribution in [0.3, 0.4) is 0 Å². The molecule has 2 fully saturated rings. The van der Waals surface area contributed by atoms with E-state index in [0.29, 0.717) is 17.0 Å². The molecule has 3 aromatic carbocycles. The molecule has 7 rings (SSSR count). The van der Waals surface area contributed by atoms with Gasteiger partial charge in [0.05, 0.1) is 13.2 Å². The summed E-state index contributed by atoms with van der Waals surface area (Å²) in [6.07, 6.45) is 11.4. The van der Waals surface area contributed by atoms with E-state index in [1.165, 1.54) is 67.5 Å². The third-order valence-corrected chi connectivity index (χ3v) is 9.48. The second-order valence-electron chi connectivity index (χ2n) is 16.2. The molecule has 1 aliphatic heterocycles. The minimum absolute atomic E-state index is 0.0196. The molecule has 2 aromatic heterocycles. The fraction of sp³-hybridized carbons (Fsp3) is 0.471. The van der Waals surface area contributed by atoms with Crippen LogP contribution in [-0.2, 0) is 9.47 Å². The lowest BCUT2D eigenvalue weighted by Gasteiger charge is -2.24. The van der Waals surface area contributed by atoms with Crippen LogP contribution in [0, 0.1) is 104 Å². The fourth-order valence-corrected chi connectivity index (χ4v) is 5.23. The van der Waals surface area contributed by atoms with Gasteiger partial charge in [-0.1, -0.05) is 100 Å². The summed E-state index contributed by atoms with van der Waals surface area (Å²) in [4.78, 5) is 12.0.